The minimum absolute atomic E-state index is 0.129. The Morgan fingerprint density at radius 3 is 2.88 bits per heavy atom. The van der Waals surface area contributed by atoms with Crippen LogP contribution in [-0.4, -0.2) is 56.4 Å². The molecule has 0 bridgehead atoms. The summed E-state index contributed by atoms with van der Waals surface area (Å²) in [6.45, 7) is 1.97. The third-order valence-corrected chi connectivity index (χ3v) is 4.31. The van der Waals surface area contributed by atoms with Gasteiger partial charge in [0.25, 0.3) is 5.91 Å². The normalized spacial score (nSPS) is 21.1. The summed E-state index contributed by atoms with van der Waals surface area (Å²) in [5.74, 6) is -1.67. The minimum atomic E-state index is -0.916. The minimum Gasteiger partial charge on any atom is -0.389 e. The van der Waals surface area contributed by atoms with Crippen LogP contribution in [0.2, 0.25) is 5.02 Å². The number of rotatable bonds is 2. The first-order chi connectivity index (χ1) is 11.4. The fraction of sp³-hybridized carbons (Fsp3) is 0.400. The molecule has 2 aromatic rings. The fourth-order valence-corrected chi connectivity index (χ4v) is 2.92. The Labute approximate surface area is 142 Å². The highest BCUT2D eigenvalue weighted by Crippen LogP contribution is 2.17. The number of aliphatic hydroxyl groups is 1. The van der Waals surface area contributed by atoms with E-state index >= 15 is 0 Å². The molecular weight excluding hydrogens is 339 g/mol. The molecule has 128 valence electrons. The lowest BCUT2D eigenvalue weighted by molar-refractivity contribution is -0.132. The second kappa shape index (κ2) is 6.37. The van der Waals surface area contributed by atoms with Gasteiger partial charge in [-0.05, 0) is 18.6 Å². The van der Waals surface area contributed by atoms with Crippen LogP contribution in [0.3, 0.4) is 0 Å². The van der Waals surface area contributed by atoms with Gasteiger partial charge < -0.3 is 15.3 Å². The third-order valence-electron chi connectivity index (χ3n) is 4.08. The van der Waals surface area contributed by atoms with E-state index in [0.29, 0.717) is 18.0 Å². The van der Waals surface area contributed by atoms with Crippen LogP contribution < -0.4 is 5.32 Å². The SMILES string of the molecule is CC(=O)N1CC[C@@H](NC(=O)c2nc3ccc(Cl)cn3c2F)[C@H](O)C1. The number of hydrogen-bond acceptors (Lipinski definition) is 4. The second-order valence-electron chi connectivity index (χ2n) is 5.73. The highest BCUT2D eigenvalue weighted by atomic mass is 35.5. The van der Waals surface area contributed by atoms with Gasteiger partial charge >= 0.3 is 0 Å². The summed E-state index contributed by atoms with van der Waals surface area (Å²) in [6, 6.07) is 2.48. The molecule has 24 heavy (non-hydrogen) atoms. The summed E-state index contributed by atoms with van der Waals surface area (Å²) >= 11 is 5.81. The predicted octanol–water partition coefficient (Wildman–Crippen LogP) is 0.838. The van der Waals surface area contributed by atoms with E-state index in [1.165, 1.54) is 24.1 Å². The van der Waals surface area contributed by atoms with Crippen molar-refractivity contribution >= 4 is 29.1 Å². The number of nitrogens with one attached hydrogen (secondary N) is 1. The lowest BCUT2D eigenvalue weighted by Crippen LogP contribution is -2.55. The smallest absolute Gasteiger partial charge is 0.274 e. The number of fused-ring (bicyclic) bond motifs is 1. The van der Waals surface area contributed by atoms with Crippen LogP contribution in [0.5, 0.6) is 0 Å². The van der Waals surface area contributed by atoms with Crippen molar-refractivity contribution in [2.75, 3.05) is 13.1 Å². The van der Waals surface area contributed by atoms with Crippen LogP contribution in [0, 0.1) is 5.95 Å². The number of amides is 2. The fourth-order valence-electron chi connectivity index (χ4n) is 2.76. The van der Waals surface area contributed by atoms with Crippen LogP contribution in [0.15, 0.2) is 18.3 Å². The van der Waals surface area contributed by atoms with Crippen molar-refractivity contribution in [1.82, 2.24) is 19.6 Å². The zero-order chi connectivity index (χ0) is 17.4. The summed E-state index contributed by atoms with van der Waals surface area (Å²) in [7, 11) is 0. The maximum Gasteiger partial charge on any atom is 0.274 e. The molecule has 2 aromatic heterocycles. The van der Waals surface area contributed by atoms with Gasteiger partial charge in [-0.2, -0.15) is 4.39 Å². The number of imidazole rings is 1. The highest BCUT2D eigenvalue weighted by Gasteiger charge is 2.31. The molecular formula is C15H16ClFN4O3. The molecule has 1 fully saturated rings. The lowest BCUT2D eigenvalue weighted by atomic mass is 10.0. The molecule has 0 aromatic carbocycles. The number of carbonyl (C=O) groups excluding carboxylic acids is 2. The van der Waals surface area contributed by atoms with E-state index in [0.717, 1.165) is 4.40 Å². The van der Waals surface area contributed by atoms with Gasteiger partial charge in [0.1, 0.15) is 5.65 Å². The average Bonchev–Trinajstić information content (AvgIpc) is 2.86. The van der Waals surface area contributed by atoms with E-state index < -0.39 is 24.0 Å². The molecule has 1 saturated heterocycles. The Morgan fingerprint density at radius 2 is 2.21 bits per heavy atom. The van der Waals surface area contributed by atoms with Crippen LogP contribution in [-0.2, 0) is 4.79 Å². The quantitative estimate of drug-likeness (QED) is 0.836. The molecule has 1 aliphatic rings. The molecule has 3 rings (SSSR count). The van der Waals surface area contributed by atoms with Gasteiger partial charge in [-0.1, -0.05) is 11.6 Å². The number of piperidine rings is 1. The molecule has 3 heterocycles. The van der Waals surface area contributed by atoms with Crippen molar-refractivity contribution in [1.29, 1.82) is 0 Å². The molecule has 0 radical (unpaired) electrons. The lowest BCUT2D eigenvalue weighted by Gasteiger charge is -2.35. The number of likely N-dealkylation sites (tertiary alicyclic amines) is 1. The maximum atomic E-state index is 14.3. The van der Waals surface area contributed by atoms with Crippen molar-refractivity contribution in [3.05, 3.63) is 35.0 Å². The van der Waals surface area contributed by atoms with E-state index in [9.17, 15) is 19.1 Å². The Kier molecular flexibility index (Phi) is 4.42. The first kappa shape index (κ1) is 16.7. The van der Waals surface area contributed by atoms with Gasteiger partial charge in [0.15, 0.2) is 5.69 Å². The van der Waals surface area contributed by atoms with E-state index in [4.69, 9.17) is 11.6 Å². The van der Waals surface area contributed by atoms with Gasteiger partial charge in [-0.3, -0.25) is 14.0 Å². The number of halogens is 2. The number of aromatic nitrogens is 2. The van der Waals surface area contributed by atoms with Crippen molar-refractivity contribution in [3.63, 3.8) is 0 Å². The number of β-amino-alcohol motifs (C(OH)–C–C–N with tert-alkyl or cyclic N) is 1. The van der Waals surface area contributed by atoms with E-state index in [1.54, 1.807) is 6.07 Å². The Hall–Kier alpha value is -2.19. The summed E-state index contributed by atoms with van der Waals surface area (Å²) < 4.78 is 15.4. The first-order valence-corrected chi connectivity index (χ1v) is 7.82. The van der Waals surface area contributed by atoms with E-state index in [2.05, 4.69) is 10.3 Å². The highest BCUT2D eigenvalue weighted by molar-refractivity contribution is 6.30. The van der Waals surface area contributed by atoms with Crippen molar-refractivity contribution in [2.45, 2.75) is 25.5 Å². The van der Waals surface area contributed by atoms with E-state index in [1.807, 2.05) is 0 Å². The predicted molar refractivity (Wildman–Crippen MR) is 84.3 cm³/mol. The molecule has 0 saturated carbocycles. The van der Waals surface area contributed by atoms with E-state index in [-0.39, 0.29) is 23.8 Å². The molecule has 1 aliphatic heterocycles. The molecule has 0 spiro atoms. The maximum absolute atomic E-state index is 14.3. The van der Waals surface area contributed by atoms with Crippen LogP contribution in [0.4, 0.5) is 4.39 Å². The number of nitrogens with zero attached hydrogens (tertiary/aromatic N) is 3. The molecule has 0 aliphatic carbocycles. The van der Waals surface area contributed by atoms with Gasteiger partial charge in [-0.15, -0.1) is 0 Å². The molecule has 2 N–H and O–H groups in total. The molecule has 2 amide bonds. The summed E-state index contributed by atoms with van der Waals surface area (Å²) in [5.41, 5.74) is -0.104. The Balaban J connectivity index is 1.76. The largest absolute Gasteiger partial charge is 0.389 e. The van der Waals surface area contributed by atoms with Gasteiger partial charge in [0, 0.05) is 26.2 Å². The monoisotopic (exact) mass is 354 g/mol. The number of aliphatic hydroxyl groups excluding tert-OH is 1. The van der Waals surface area contributed by atoms with Gasteiger partial charge in [-0.25, -0.2) is 4.98 Å². The molecule has 7 nitrogen and oxygen atoms in total. The van der Waals surface area contributed by atoms with Crippen LogP contribution in [0.1, 0.15) is 23.8 Å². The Bertz CT molecular complexity index is 809. The van der Waals surface area contributed by atoms with Crippen LogP contribution in [0.25, 0.3) is 5.65 Å². The van der Waals surface area contributed by atoms with Crippen molar-refractivity contribution in [3.8, 4) is 0 Å². The average molecular weight is 355 g/mol. The molecule has 9 heteroatoms. The molecule has 2 atom stereocenters. The standard InChI is InChI=1S/C15H16ClFN4O3/c1-8(22)20-5-4-10(11(23)7-20)18-15(24)13-14(17)21-6-9(16)2-3-12(21)19-13/h2-3,6,10-11,23H,4-5,7H2,1H3,(H,18,24)/t10-,11-/m1/s1. The number of pyridine rings is 1. The third kappa shape index (κ3) is 3.07. The number of hydrogen-bond donors (Lipinski definition) is 2. The van der Waals surface area contributed by atoms with Crippen molar-refractivity contribution in [2.24, 2.45) is 0 Å². The second-order valence-corrected chi connectivity index (χ2v) is 6.16. The summed E-state index contributed by atoms with van der Waals surface area (Å²) in [6.07, 6.45) is 0.796. The first-order valence-electron chi connectivity index (χ1n) is 7.44. The zero-order valence-electron chi connectivity index (χ0n) is 12.9. The zero-order valence-corrected chi connectivity index (χ0v) is 13.6. The summed E-state index contributed by atoms with van der Waals surface area (Å²) in [4.78, 5) is 29.1. The summed E-state index contributed by atoms with van der Waals surface area (Å²) in [5, 5.41) is 13.0. The number of carbonyl (C=O) groups is 2. The van der Waals surface area contributed by atoms with Gasteiger partial charge in [0.05, 0.1) is 17.2 Å². The van der Waals surface area contributed by atoms with Gasteiger partial charge in [0.2, 0.25) is 11.9 Å². The van der Waals surface area contributed by atoms with Crippen molar-refractivity contribution < 1.29 is 19.1 Å². The molecule has 0 unspecified atom stereocenters. The van der Waals surface area contributed by atoms with Crippen LogP contribution >= 0.6 is 11.6 Å². The Morgan fingerprint density at radius 1 is 1.46 bits per heavy atom. The topological polar surface area (TPSA) is 86.9 Å².